The molecule has 0 saturated carbocycles. The molecule has 198 valence electrons. The van der Waals surface area contributed by atoms with E-state index >= 15 is 0 Å². The van der Waals surface area contributed by atoms with Crippen molar-refractivity contribution in [3.05, 3.63) is 81.9 Å². The lowest BCUT2D eigenvalue weighted by molar-refractivity contribution is -0.383. The SMILES string of the molecule is COc1ccc([N+](=O)[O-])c(NC(=O)COC(=O)CCC(=O)Nc2ccc(Oc3c(C)cccc3C)cc2)c1. The highest BCUT2D eigenvalue weighted by molar-refractivity contribution is 5.96. The van der Waals surface area contributed by atoms with E-state index in [1.165, 1.54) is 25.3 Å². The van der Waals surface area contributed by atoms with Crippen LogP contribution in [0, 0.1) is 24.0 Å². The van der Waals surface area contributed by atoms with Gasteiger partial charge in [-0.2, -0.15) is 0 Å². The first-order chi connectivity index (χ1) is 18.2. The summed E-state index contributed by atoms with van der Waals surface area (Å²) in [7, 11) is 1.38. The van der Waals surface area contributed by atoms with E-state index in [0.29, 0.717) is 17.2 Å². The van der Waals surface area contributed by atoms with E-state index in [-0.39, 0.29) is 24.2 Å². The summed E-state index contributed by atoms with van der Waals surface area (Å²) in [6.07, 6.45) is -0.422. The maximum absolute atomic E-state index is 12.2. The zero-order valence-corrected chi connectivity index (χ0v) is 21.1. The number of carbonyl (C=O) groups excluding carboxylic acids is 3. The number of hydrogen-bond donors (Lipinski definition) is 2. The Kier molecular flexibility index (Phi) is 9.36. The molecule has 0 unspecified atom stereocenters. The lowest BCUT2D eigenvalue weighted by atomic mass is 10.1. The molecule has 2 N–H and O–H groups in total. The molecule has 11 heteroatoms. The van der Waals surface area contributed by atoms with E-state index in [0.717, 1.165) is 16.9 Å². The fraction of sp³-hybridized carbons (Fsp3) is 0.222. The van der Waals surface area contributed by atoms with E-state index < -0.39 is 29.3 Å². The predicted octanol–water partition coefficient (Wildman–Crippen LogP) is 4.91. The number of esters is 1. The number of ether oxygens (including phenoxy) is 3. The highest BCUT2D eigenvalue weighted by atomic mass is 16.6. The van der Waals surface area contributed by atoms with Gasteiger partial charge in [0.05, 0.1) is 18.5 Å². The van der Waals surface area contributed by atoms with Crippen molar-refractivity contribution in [2.75, 3.05) is 24.4 Å². The zero-order valence-electron chi connectivity index (χ0n) is 21.1. The van der Waals surface area contributed by atoms with Crippen molar-refractivity contribution in [3.63, 3.8) is 0 Å². The van der Waals surface area contributed by atoms with E-state index in [1.54, 1.807) is 24.3 Å². The number of nitrogens with one attached hydrogen (secondary N) is 2. The number of nitro groups is 1. The van der Waals surface area contributed by atoms with Gasteiger partial charge >= 0.3 is 5.97 Å². The Labute approximate surface area is 218 Å². The third kappa shape index (κ3) is 7.79. The molecule has 0 radical (unpaired) electrons. The van der Waals surface area contributed by atoms with Crippen LogP contribution in [0.15, 0.2) is 60.7 Å². The first-order valence-corrected chi connectivity index (χ1v) is 11.6. The largest absolute Gasteiger partial charge is 0.497 e. The second-order valence-corrected chi connectivity index (χ2v) is 8.24. The first-order valence-electron chi connectivity index (χ1n) is 11.6. The number of amides is 2. The fourth-order valence-electron chi connectivity index (χ4n) is 3.43. The van der Waals surface area contributed by atoms with Crippen molar-refractivity contribution >= 4 is 34.8 Å². The van der Waals surface area contributed by atoms with Crippen LogP contribution in [0.5, 0.6) is 17.2 Å². The van der Waals surface area contributed by atoms with Crippen molar-refractivity contribution in [2.24, 2.45) is 0 Å². The molecule has 0 saturated heterocycles. The molecule has 2 amide bonds. The van der Waals surface area contributed by atoms with Gasteiger partial charge in [-0.3, -0.25) is 24.5 Å². The smallest absolute Gasteiger partial charge is 0.306 e. The number of carbonyl (C=O) groups is 3. The van der Waals surface area contributed by atoms with Gasteiger partial charge in [-0.25, -0.2) is 0 Å². The van der Waals surface area contributed by atoms with Gasteiger partial charge in [0.25, 0.3) is 11.6 Å². The predicted molar refractivity (Wildman–Crippen MR) is 140 cm³/mol. The van der Waals surface area contributed by atoms with Crippen LogP contribution in [0.25, 0.3) is 0 Å². The van der Waals surface area contributed by atoms with E-state index in [4.69, 9.17) is 14.2 Å². The molecule has 3 aromatic carbocycles. The molecular weight excluding hydrogens is 494 g/mol. The monoisotopic (exact) mass is 521 g/mol. The lowest BCUT2D eigenvalue weighted by Crippen LogP contribution is -2.22. The number of benzene rings is 3. The topological polar surface area (TPSA) is 146 Å². The highest BCUT2D eigenvalue weighted by Gasteiger charge is 2.18. The third-order valence-electron chi connectivity index (χ3n) is 5.36. The highest BCUT2D eigenvalue weighted by Crippen LogP contribution is 2.30. The van der Waals surface area contributed by atoms with Gasteiger partial charge in [0.1, 0.15) is 22.9 Å². The molecule has 0 spiro atoms. The van der Waals surface area contributed by atoms with Gasteiger partial charge in [0.2, 0.25) is 5.91 Å². The maximum atomic E-state index is 12.2. The Morgan fingerprint density at radius 2 is 1.53 bits per heavy atom. The normalized spacial score (nSPS) is 10.3. The molecule has 38 heavy (non-hydrogen) atoms. The maximum Gasteiger partial charge on any atom is 0.306 e. The number of aryl methyl sites for hydroxylation is 2. The summed E-state index contributed by atoms with van der Waals surface area (Å²) in [6.45, 7) is 3.25. The second-order valence-electron chi connectivity index (χ2n) is 8.24. The van der Waals surface area contributed by atoms with Gasteiger partial charge < -0.3 is 24.8 Å². The van der Waals surface area contributed by atoms with Crippen LogP contribution in [0.2, 0.25) is 0 Å². The van der Waals surface area contributed by atoms with Gasteiger partial charge in [-0.05, 0) is 55.3 Å². The summed E-state index contributed by atoms with van der Waals surface area (Å²) in [5, 5.41) is 16.1. The van der Waals surface area contributed by atoms with Gasteiger partial charge in [-0.15, -0.1) is 0 Å². The molecule has 0 bridgehead atoms. The minimum absolute atomic E-state index is 0.0970. The van der Waals surface area contributed by atoms with Crippen molar-refractivity contribution in [1.29, 1.82) is 0 Å². The zero-order chi connectivity index (χ0) is 27.7. The molecule has 0 aliphatic rings. The van der Waals surface area contributed by atoms with E-state index in [2.05, 4.69) is 10.6 Å². The molecule has 0 aromatic heterocycles. The molecule has 0 fully saturated rings. The number of nitro benzene ring substituents is 1. The van der Waals surface area contributed by atoms with E-state index in [9.17, 15) is 24.5 Å². The number of hydrogen-bond acceptors (Lipinski definition) is 8. The fourth-order valence-corrected chi connectivity index (χ4v) is 3.43. The first kappa shape index (κ1) is 27.7. The summed E-state index contributed by atoms with van der Waals surface area (Å²) in [6, 6.07) is 16.5. The van der Waals surface area contributed by atoms with Crippen LogP contribution in [0.4, 0.5) is 17.1 Å². The van der Waals surface area contributed by atoms with Crippen molar-refractivity contribution in [2.45, 2.75) is 26.7 Å². The Bertz CT molecular complexity index is 1320. The molecular formula is C27H27N3O8. The minimum Gasteiger partial charge on any atom is -0.497 e. The quantitative estimate of drug-likeness (QED) is 0.206. The third-order valence-corrected chi connectivity index (χ3v) is 5.36. The van der Waals surface area contributed by atoms with Crippen LogP contribution in [-0.2, 0) is 19.1 Å². The van der Waals surface area contributed by atoms with Crippen molar-refractivity contribution in [1.82, 2.24) is 0 Å². The molecule has 0 aliphatic carbocycles. The second kappa shape index (κ2) is 12.9. The van der Waals surface area contributed by atoms with Gasteiger partial charge in [0.15, 0.2) is 6.61 Å². The number of para-hydroxylation sites is 1. The van der Waals surface area contributed by atoms with Crippen molar-refractivity contribution in [3.8, 4) is 17.2 Å². The molecule has 0 heterocycles. The summed E-state index contributed by atoms with van der Waals surface area (Å²) in [5.41, 5.74) is 2.10. The Morgan fingerprint density at radius 1 is 0.868 bits per heavy atom. The minimum atomic E-state index is -0.776. The summed E-state index contributed by atoms with van der Waals surface area (Å²) in [4.78, 5) is 46.8. The molecule has 0 aliphatic heterocycles. The van der Waals surface area contributed by atoms with Crippen molar-refractivity contribution < 1.29 is 33.5 Å². The van der Waals surface area contributed by atoms with Crippen LogP contribution >= 0.6 is 0 Å². The summed E-state index contributed by atoms with van der Waals surface area (Å²) < 4.78 is 15.8. The molecule has 0 atom stereocenters. The number of nitrogens with zero attached hydrogens (tertiary/aromatic N) is 1. The summed E-state index contributed by atoms with van der Waals surface area (Å²) in [5.74, 6) is -0.269. The van der Waals surface area contributed by atoms with Gasteiger partial charge in [0, 0.05) is 24.2 Å². The Balaban J connectivity index is 1.43. The standard InChI is InChI=1S/C27H27N3O8/c1-17-5-4-6-18(2)27(17)38-20-9-7-19(8-10-20)28-24(31)13-14-26(33)37-16-25(32)29-22-15-21(36-3)11-12-23(22)30(34)35/h4-12,15H,13-14,16H2,1-3H3,(H,28,31)(H,29,32). The lowest BCUT2D eigenvalue weighted by Gasteiger charge is -2.12. The Hall–Kier alpha value is -4.93. The number of anilines is 2. The number of methoxy groups -OCH3 is 1. The summed E-state index contributed by atoms with van der Waals surface area (Å²) >= 11 is 0. The van der Waals surface area contributed by atoms with Gasteiger partial charge in [-0.1, -0.05) is 18.2 Å². The molecule has 3 aromatic rings. The number of rotatable bonds is 11. The van der Waals surface area contributed by atoms with Crippen LogP contribution in [0.1, 0.15) is 24.0 Å². The Morgan fingerprint density at radius 3 is 2.16 bits per heavy atom. The average molecular weight is 522 g/mol. The van der Waals surface area contributed by atoms with Crippen LogP contribution in [0.3, 0.4) is 0 Å². The van der Waals surface area contributed by atoms with E-state index in [1.807, 2.05) is 32.0 Å². The molecule has 3 rings (SSSR count). The molecule has 11 nitrogen and oxygen atoms in total. The van der Waals surface area contributed by atoms with Crippen LogP contribution < -0.4 is 20.1 Å². The average Bonchev–Trinajstić information content (AvgIpc) is 2.89. The van der Waals surface area contributed by atoms with Crippen LogP contribution in [-0.4, -0.2) is 36.4 Å².